The highest BCUT2D eigenvalue weighted by Gasteiger charge is 2.03. The van der Waals surface area contributed by atoms with E-state index < -0.39 is 0 Å². The van der Waals surface area contributed by atoms with Gasteiger partial charge in [0, 0.05) is 11.0 Å². The molecule has 0 spiro atoms. The molecule has 0 aliphatic heterocycles. The molecule has 0 aromatic heterocycles. The molecule has 14 heavy (non-hydrogen) atoms. The van der Waals surface area contributed by atoms with Gasteiger partial charge in [-0.2, -0.15) is 0 Å². The number of para-hydroxylation sites is 1. The second-order valence-corrected chi connectivity index (χ2v) is 3.91. The standard InChI is InChI=1S/C10H13BrN2O/c1-7(11)6-13-8-4-3-5-9(14-2)10(8)12/h3-5,13H,1,6,12H2,2H3. The third-order valence-electron chi connectivity index (χ3n) is 1.76. The monoisotopic (exact) mass is 256 g/mol. The summed E-state index contributed by atoms with van der Waals surface area (Å²) in [6, 6.07) is 5.60. The summed E-state index contributed by atoms with van der Waals surface area (Å²) in [6.45, 7) is 4.36. The van der Waals surface area contributed by atoms with Crippen molar-refractivity contribution < 1.29 is 4.74 Å². The molecule has 3 nitrogen and oxygen atoms in total. The second-order valence-electron chi connectivity index (χ2n) is 2.79. The Balaban J connectivity index is 2.81. The summed E-state index contributed by atoms with van der Waals surface area (Å²) in [7, 11) is 1.60. The molecule has 3 N–H and O–H groups in total. The SMILES string of the molecule is C=C(Br)CNc1cccc(OC)c1N. The fourth-order valence-electron chi connectivity index (χ4n) is 1.07. The largest absolute Gasteiger partial charge is 0.495 e. The first-order valence-corrected chi connectivity index (χ1v) is 4.94. The lowest BCUT2D eigenvalue weighted by Crippen LogP contribution is -2.04. The van der Waals surface area contributed by atoms with Gasteiger partial charge in [-0.25, -0.2) is 0 Å². The van der Waals surface area contributed by atoms with Gasteiger partial charge in [-0.15, -0.1) is 0 Å². The number of ether oxygens (including phenoxy) is 1. The number of anilines is 2. The van der Waals surface area contributed by atoms with Crippen molar-refractivity contribution in [2.24, 2.45) is 0 Å². The van der Waals surface area contributed by atoms with Crippen molar-refractivity contribution in [1.82, 2.24) is 0 Å². The van der Waals surface area contributed by atoms with Crippen molar-refractivity contribution in [3.63, 3.8) is 0 Å². The molecule has 0 heterocycles. The Morgan fingerprint density at radius 2 is 2.36 bits per heavy atom. The molecule has 0 radical (unpaired) electrons. The van der Waals surface area contributed by atoms with E-state index in [-0.39, 0.29) is 0 Å². The van der Waals surface area contributed by atoms with Crippen LogP contribution in [0.25, 0.3) is 0 Å². The van der Waals surface area contributed by atoms with E-state index in [9.17, 15) is 0 Å². The third kappa shape index (κ3) is 2.67. The van der Waals surface area contributed by atoms with Crippen LogP contribution in [-0.4, -0.2) is 13.7 Å². The number of rotatable bonds is 4. The quantitative estimate of drug-likeness (QED) is 0.815. The molecule has 0 amide bonds. The number of methoxy groups -OCH3 is 1. The topological polar surface area (TPSA) is 47.3 Å². The van der Waals surface area contributed by atoms with Crippen LogP contribution < -0.4 is 15.8 Å². The van der Waals surface area contributed by atoms with Crippen LogP contribution in [0.1, 0.15) is 0 Å². The van der Waals surface area contributed by atoms with Gasteiger partial charge >= 0.3 is 0 Å². The van der Waals surface area contributed by atoms with Gasteiger partial charge in [0.15, 0.2) is 0 Å². The normalized spacial score (nSPS) is 9.57. The van der Waals surface area contributed by atoms with Crippen molar-refractivity contribution >= 4 is 27.3 Å². The zero-order valence-electron chi connectivity index (χ0n) is 8.01. The average molecular weight is 257 g/mol. The fourth-order valence-corrected chi connectivity index (χ4v) is 1.21. The Kier molecular flexibility index (Phi) is 3.83. The summed E-state index contributed by atoms with van der Waals surface area (Å²) in [5, 5.41) is 3.14. The average Bonchev–Trinajstić information content (AvgIpc) is 2.16. The highest BCUT2D eigenvalue weighted by molar-refractivity contribution is 9.11. The van der Waals surface area contributed by atoms with E-state index in [4.69, 9.17) is 10.5 Å². The van der Waals surface area contributed by atoms with Crippen LogP contribution in [0.2, 0.25) is 0 Å². The van der Waals surface area contributed by atoms with Crippen molar-refractivity contribution in [3.8, 4) is 5.75 Å². The van der Waals surface area contributed by atoms with E-state index in [0.717, 1.165) is 10.2 Å². The summed E-state index contributed by atoms with van der Waals surface area (Å²) in [5.41, 5.74) is 7.31. The molecule has 0 aliphatic carbocycles. The lowest BCUT2D eigenvalue weighted by molar-refractivity contribution is 0.417. The van der Waals surface area contributed by atoms with E-state index in [2.05, 4.69) is 27.8 Å². The van der Waals surface area contributed by atoms with Gasteiger partial charge in [0.1, 0.15) is 5.75 Å². The first kappa shape index (κ1) is 10.9. The Morgan fingerprint density at radius 3 is 2.93 bits per heavy atom. The van der Waals surface area contributed by atoms with Crippen LogP contribution in [0.5, 0.6) is 5.75 Å². The molecule has 0 fully saturated rings. The Labute approximate surface area is 92.1 Å². The molecule has 0 bridgehead atoms. The Hall–Kier alpha value is -1.16. The molecule has 4 heteroatoms. The summed E-state index contributed by atoms with van der Waals surface area (Å²) in [4.78, 5) is 0. The van der Waals surface area contributed by atoms with E-state index in [1.165, 1.54) is 0 Å². The van der Waals surface area contributed by atoms with E-state index >= 15 is 0 Å². The van der Waals surface area contributed by atoms with Crippen LogP contribution in [0.3, 0.4) is 0 Å². The minimum absolute atomic E-state index is 0.615. The van der Waals surface area contributed by atoms with Crippen molar-refractivity contribution in [3.05, 3.63) is 29.3 Å². The highest BCUT2D eigenvalue weighted by atomic mass is 79.9. The number of hydrogen-bond acceptors (Lipinski definition) is 3. The molecule has 0 saturated heterocycles. The van der Waals surface area contributed by atoms with E-state index in [0.29, 0.717) is 18.0 Å². The van der Waals surface area contributed by atoms with Crippen molar-refractivity contribution in [2.75, 3.05) is 24.7 Å². The minimum atomic E-state index is 0.615. The lowest BCUT2D eigenvalue weighted by atomic mass is 10.2. The van der Waals surface area contributed by atoms with Gasteiger partial charge in [-0.3, -0.25) is 0 Å². The lowest BCUT2D eigenvalue weighted by Gasteiger charge is -2.11. The molecule has 0 aliphatic rings. The van der Waals surface area contributed by atoms with E-state index in [1.807, 2.05) is 18.2 Å². The summed E-state index contributed by atoms with van der Waals surface area (Å²) in [5.74, 6) is 0.676. The third-order valence-corrected chi connectivity index (χ3v) is 2.04. The number of nitrogens with one attached hydrogen (secondary N) is 1. The molecule has 1 aromatic rings. The second kappa shape index (κ2) is 4.91. The van der Waals surface area contributed by atoms with Gasteiger partial charge in [0.05, 0.1) is 18.5 Å². The molecule has 0 atom stereocenters. The summed E-state index contributed by atoms with van der Waals surface area (Å²) >= 11 is 3.26. The van der Waals surface area contributed by atoms with Gasteiger partial charge in [-0.1, -0.05) is 28.6 Å². The first-order valence-electron chi connectivity index (χ1n) is 4.14. The predicted octanol–water partition coefficient (Wildman–Crippen LogP) is 2.60. The molecule has 0 unspecified atom stereocenters. The van der Waals surface area contributed by atoms with Crippen molar-refractivity contribution in [2.45, 2.75) is 0 Å². The van der Waals surface area contributed by atoms with Gasteiger partial charge < -0.3 is 15.8 Å². The van der Waals surface area contributed by atoms with E-state index in [1.54, 1.807) is 7.11 Å². The van der Waals surface area contributed by atoms with Gasteiger partial charge in [0.2, 0.25) is 0 Å². The molecule has 1 aromatic carbocycles. The zero-order chi connectivity index (χ0) is 10.6. The van der Waals surface area contributed by atoms with Crippen molar-refractivity contribution in [1.29, 1.82) is 0 Å². The molecule has 76 valence electrons. The molecular weight excluding hydrogens is 244 g/mol. The Bertz CT molecular complexity index is 339. The van der Waals surface area contributed by atoms with Gasteiger partial charge in [-0.05, 0) is 12.1 Å². The summed E-state index contributed by atoms with van der Waals surface area (Å²) in [6.07, 6.45) is 0. The number of halogens is 1. The van der Waals surface area contributed by atoms with Crippen LogP contribution in [0.4, 0.5) is 11.4 Å². The molecular formula is C10H13BrN2O. The first-order chi connectivity index (χ1) is 6.65. The zero-order valence-corrected chi connectivity index (χ0v) is 9.60. The van der Waals surface area contributed by atoms with Gasteiger partial charge in [0.25, 0.3) is 0 Å². The maximum Gasteiger partial charge on any atom is 0.143 e. The number of nitrogens with two attached hydrogens (primary N) is 1. The molecule has 1 rings (SSSR count). The van der Waals surface area contributed by atoms with Crippen LogP contribution in [-0.2, 0) is 0 Å². The maximum atomic E-state index is 5.85. The highest BCUT2D eigenvalue weighted by Crippen LogP contribution is 2.28. The van der Waals surface area contributed by atoms with Crippen LogP contribution in [0.15, 0.2) is 29.3 Å². The summed E-state index contributed by atoms with van der Waals surface area (Å²) < 4.78 is 5.97. The molecule has 0 saturated carbocycles. The Morgan fingerprint density at radius 1 is 1.64 bits per heavy atom. The number of hydrogen-bond donors (Lipinski definition) is 2. The number of nitrogen functional groups attached to an aromatic ring is 1. The number of benzene rings is 1. The van der Waals surface area contributed by atoms with Crippen LogP contribution in [0, 0.1) is 0 Å². The minimum Gasteiger partial charge on any atom is -0.495 e. The predicted molar refractivity (Wildman–Crippen MR) is 64.0 cm³/mol. The van der Waals surface area contributed by atoms with Crippen LogP contribution >= 0.6 is 15.9 Å². The maximum absolute atomic E-state index is 5.85. The fraction of sp³-hybridized carbons (Fsp3) is 0.200. The smallest absolute Gasteiger partial charge is 0.143 e.